The van der Waals surface area contributed by atoms with Crippen LogP contribution in [0.25, 0.3) is 0 Å². The second kappa shape index (κ2) is 17.3. The summed E-state index contributed by atoms with van der Waals surface area (Å²) in [6.07, 6.45) is 6.67. The minimum Gasteiger partial charge on any atom is -0.497 e. The van der Waals surface area contributed by atoms with E-state index in [4.69, 9.17) is 30.1 Å². The van der Waals surface area contributed by atoms with Gasteiger partial charge in [0.25, 0.3) is 0 Å². The molecular weight excluding hydrogens is 504 g/mol. The number of carbonyl (C=O) groups is 1. The van der Waals surface area contributed by atoms with Crippen LogP contribution in [0.5, 0.6) is 5.75 Å². The lowest BCUT2D eigenvalue weighted by atomic mass is 9.66. The standard InChI is InChI=1S/C34H40O6/c1-4-20-37-21-22-38-23-24-39-25-26-40-33(27-35)18-19-34(29-8-6-5-7-9-29,30-12-10-28(2)11-13-30)31-14-16-32(36-3)17-15-31/h1,5-17,27,33H,18-26H2,2-3H3/t33-,34?/m1/s1. The van der Waals surface area contributed by atoms with Crippen molar-refractivity contribution >= 4 is 6.29 Å². The fourth-order valence-electron chi connectivity index (χ4n) is 4.75. The van der Waals surface area contributed by atoms with Gasteiger partial charge in [0.1, 0.15) is 24.7 Å². The molecule has 0 aliphatic rings. The predicted octanol–water partition coefficient (Wildman–Crippen LogP) is 5.39. The van der Waals surface area contributed by atoms with E-state index in [1.165, 1.54) is 5.56 Å². The van der Waals surface area contributed by atoms with Crippen molar-refractivity contribution in [2.75, 3.05) is 53.4 Å². The lowest BCUT2D eigenvalue weighted by Crippen LogP contribution is -2.32. The van der Waals surface area contributed by atoms with Crippen molar-refractivity contribution in [1.82, 2.24) is 0 Å². The first-order valence-corrected chi connectivity index (χ1v) is 13.6. The fourth-order valence-corrected chi connectivity index (χ4v) is 4.75. The Hall–Kier alpha value is -3.47. The molecule has 0 saturated carbocycles. The molecule has 0 amide bonds. The number of hydrogen-bond acceptors (Lipinski definition) is 6. The molecular formula is C34H40O6. The summed E-state index contributed by atoms with van der Waals surface area (Å²) in [5, 5.41) is 0. The SMILES string of the molecule is C#CCOCCOCCOCCO[C@@H](C=O)CCC(c1ccccc1)(c1ccc(C)cc1)c1ccc(OC)cc1. The summed E-state index contributed by atoms with van der Waals surface area (Å²) in [5.74, 6) is 3.21. The van der Waals surface area contributed by atoms with E-state index in [1.54, 1.807) is 7.11 Å². The Bertz CT molecular complexity index is 1150. The van der Waals surface area contributed by atoms with E-state index in [0.29, 0.717) is 52.5 Å². The summed E-state index contributed by atoms with van der Waals surface area (Å²) in [4.78, 5) is 12.0. The third-order valence-corrected chi connectivity index (χ3v) is 6.84. The largest absolute Gasteiger partial charge is 0.497 e. The molecule has 6 heteroatoms. The van der Waals surface area contributed by atoms with Crippen molar-refractivity contribution < 1.29 is 28.5 Å². The fraction of sp³-hybridized carbons (Fsp3) is 0.382. The van der Waals surface area contributed by atoms with Crippen LogP contribution in [-0.4, -0.2) is 65.7 Å². The van der Waals surface area contributed by atoms with E-state index >= 15 is 0 Å². The zero-order chi connectivity index (χ0) is 28.5. The van der Waals surface area contributed by atoms with Crippen molar-refractivity contribution in [3.63, 3.8) is 0 Å². The van der Waals surface area contributed by atoms with E-state index in [1.807, 2.05) is 18.2 Å². The number of terminal acetylenes is 1. The predicted molar refractivity (Wildman–Crippen MR) is 157 cm³/mol. The Kier molecular flexibility index (Phi) is 13.4. The van der Waals surface area contributed by atoms with Gasteiger partial charge in [0.05, 0.1) is 46.8 Å². The van der Waals surface area contributed by atoms with Crippen LogP contribution in [0.4, 0.5) is 0 Å². The first-order chi connectivity index (χ1) is 19.6. The third-order valence-electron chi connectivity index (χ3n) is 6.84. The van der Waals surface area contributed by atoms with Gasteiger partial charge in [-0.15, -0.1) is 6.42 Å². The Morgan fingerprint density at radius 3 is 1.90 bits per heavy atom. The number of methoxy groups -OCH3 is 1. The highest BCUT2D eigenvalue weighted by atomic mass is 16.6. The molecule has 0 fully saturated rings. The van der Waals surface area contributed by atoms with Crippen molar-refractivity contribution in [1.29, 1.82) is 0 Å². The van der Waals surface area contributed by atoms with Crippen LogP contribution in [0.2, 0.25) is 0 Å². The number of benzene rings is 3. The molecule has 0 spiro atoms. The van der Waals surface area contributed by atoms with Crippen molar-refractivity contribution in [2.24, 2.45) is 0 Å². The summed E-state index contributed by atoms with van der Waals surface area (Å²) in [6, 6.07) is 27.3. The van der Waals surface area contributed by atoms with Gasteiger partial charge in [0.2, 0.25) is 0 Å². The van der Waals surface area contributed by atoms with Gasteiger partial charge in [-0.3, -0.25) is 0 Å². The molecule has 0 saturated heterocycles. The summed E-state index contributed by atoms with van der Waals surface area (Å²) >= 11 is 0. The Labute approximate surface area is 238 Å². The number of aldehydes is 1. The van der Waals surface area contributed by atoms with Crippen LogP contribution in [-0.2, 0) is 29.2 Å². The third kappa shape index (κ3) is 9.04. The van der Waals surface area contributed by atoms with E-state index in [2.05, 4.69) is 73.5 Å². The smallest absolute Gasteiger partial charge is 0.148 e. The van der Waals surface area contributed by atoms with Crippen molar-refractivity contribution in [3.05, 3.63) is 101 Å². The Morgan fingerprint density at radius 1 is 0.775 bits per heavy atom. The number of ether oxygens (including phenoxy) is 5. The molecule has 0 aliphatic heterocycles. The molecule has 6 nitrogen and oxygen atoms in total. The molecule has 0 aliphatic carbocycles. The summed E-state index contributed by atoms with van der Waals surface area (Å²) in [5.41, 5.74) is 4.15. The number of aryl methyl sites for hydroxylation is 1. The molecule has 3 aromatic rings. The first kappa shape index (κ1) is 31.1. The minimum absolute atomic E-state index is 0.284. The molecule has 3 aromatic carbocycles. The van der Waals surface area contributed by atoms with E-state index in [9.17, 15) is 4.79 Å². The maximum Gasteiger partial charge on any atom is 0.148 e. The maximum absolute atomic E-state index is 12.0. The van der Waals surface area contributed by atoms with Crippen LogP contribution in [0.15, 0.2) is 78.9 Å². The molecule has 0 aromatic heterocycles. The maximum atomic E-state index is 12.0. The van der Waals surface area contributed by atoms with Gasteiger partial charge in [-0.25, -0.2) is 0 Å². The van der Waals surface area contributed by atoms with Crippen LogP contribution in [0.1, 0.15) is 35.1 Å². The Morgan fingerprint density at radius 2 is 1.32 bits per heavy atom. The van der Waals surface area contributed by atoms with Gasteiger partial charge in [-0.2, -0.15) is 0 Å². The summed E-state index contributed by atoms with van der Waals surface area (Å²) < 4.78 is 27.5. The average molecular weight is 545 g/mol. The quantitative estimate of drug-likeness (QED) is 0.0874. The summed E-state index contributed by atoms with van der Waals surface area (Å²) in [6.45, 7) is 4.88. The zero-order valence-electron chi connectivity index (χ0n) is 23.6. The van der Waals surface area contributed by atoms with Crippen molar-refractivity contribution in [2.45, 2.75) is 31.3 Å². The zero-order valence-corrected chi connectivity index (χ0v) is 23.6. The lowest BCUT2D eigenvalue weighted by Gasteiger charge is -2.37. The molecule has 40 heavy (non-hydrogen) atoms. The van der Waals surface area contributed by atoms with E-state index < -0.39 is 11.5 Å². The monoisotopic (exact) mass is 544 g/mol. The molecule has 0 radical (unpaired) electrons. The van der Waals surface area contributed by atoms with Gasteiger partial charge in [0.15, 0.2) is 0 Å². The molecule has 1 unspecified atom stereocenters. The molecule has 0 heterocycles. The van der Waals surface area contributed by atoms with E-state index in [-0.39, 0.29) is 6.61 Å². The van der Waals surface area contributed by atoms with Gasteiger partial charge in [-0.05, 0) is 48.6 Å². The van der Waals surface area contributed by atoms with Crippen LogP contribution < -0.4 is 4.74 Å². The van der Waals surface area contributed by atoms with Crippen LogP contribution >= 0.6 is 0 Å². The second-order valence-electron chi connectivity index (χ2n) is 9.43. The lowest BCUT2D eigenvalue weighted by molar-refractivity contribution is -0.119. The number of rotatable bonds is 19. The highest BCUT2D eigenvalue weighted by molar-refractivity contribution is 5.57. The van der Waals surface area contributed by atoms with Gasteiger partial charge >= 0.3 is 0 Å². The highest BCUT2D eigenvalue weighted by Gasteiger charge is 2.36. The molecule has 2 atom stereocenters. The highest BCUT2D eigenvalue weighted by Crippen LogP contribution is 2.44. The second-order valence-corrected chi connectivity index (χ2v) is 9.43. The van der Waals surface area contributed by atoms with Gasteiger partial charge < -0.3 is 28.5 Å². The van der Waals surface area contributed by atoms with Crippen LogP contribution in [0, 0.1) is 19.3 Å². The van der Waals surface area contributed by atoms with Crippen LogP contribution in [0.3, 0.4) is 0 Å². The number of hydrogen-bond donors (Lipinski definition) is 0. The first-order valence-electron chi connectivity index (χ1n) is 13.6. The average Bonchev–Trinajstić information content (AvgIpc) is 3.00. The molecule has 212 valence electrons. The van der Waals surface area contributed by atoms with E-state index in [0.717, 1.165) is 28.7 Å². The Balaban J connectivity index is 1.68. The topological polar surface area (TPSA) is 63.2 Å². The van der Waals surface area contributed by atoms with Gasteiger partial charge in [0, 0.05) is 5.41 Å². The minimum atomic E-state index is -0.556. The molecule has 0 bridgehead atoms. The van der Waals surface area contributed by atoms with Gasteiger partial charge in [-0.1, -0.05) is 78.2 Å². The normalized spacial score (nSPS) is 13.2. The summed E-state index contributed by atoms with van der Waals surface area (Å²) in [7, 11) is 1.67. The number of carbonyl (C=O) groups excluding carboxylic acids is 1. The molecule has 0 N–H and O–H groups in total. The molecule has 3 rings (SSSR count). The van der Waals surface area contributed by atoms with Crippen molar-refractivity contribution in [3.8, 4) is 18.1 Å².